The smallest absolute Gasteiger partial charge is 0.433 e. The van der Waals surface area contributed by atoms with E-state index in [1.54, 1.807) is 6.92 Å². The number of pyridine rings is 1. The Morgan fingerprint density at radius 1 is 1.07 bits per heavy atom. The highest BCUT2D eigenvalue weighted by atomic mass is 35.5. The average Bonchev–Trinajstić information content (AvgIpc) is 3.63. The molecule has 216 valence electrons. The number of rotatable bonds is 7. The summed E-state index contributed by atoms with van der Waals surface area (Å²) in [5, 5.41) is 13.5. The summed E-state index contributed by atoms with van der Waals surface area (Å²) in [6.07, 6.45) is 2.52. The number of aliphatic carboxylic acids is 1. The second kappa shape index (κ2) is 10.6. The van der Waals surface area contributed by atoms with Gasteiger partial charge in [-0.1, -0.05) is 29.6 Å². The molecule has 0 aliphatic heterocycles. The molecule has 3 aliphatic carbocycles. The Morgan fingerprint density at radius 3 is 2.25 bits per heavy atom. The quantitative estimate of drug-likeness (QED) is 0.373. The van der Waals surface area contributed by atoms with Gasteiger partial charge in [0.15, 0.2) is 11.5 Å². The third-order valence-corrected chi connectivity index (χ3v) is 9.60. The van der Waals surface area contributed by atoms with Crippen LogP contribution in [0, 0.1) is 17.3 Å². The van der Waals surface area contributed by atoms with Crippen LogP contribution in [0.1, 0.15) is 90.7 Å². The minimum absolute atomic E-state index is 0.00713. The molecule has 13 heteroatoms. The first-order valence-corrected chi connectivity index (χ1v) is 14.1. The van der Waals surface area contributed by atoms with Crippen molar-refractivity contribution in [3.05, 3.63) is 45.5 Å². The van der Waals surface area contributed by atoms with Crippen molar-refractivity contribution in [1.29, 1.82) is 0 Å². The predicted octanol–water partition coefficient (Wildman–Crippen LogP) is 6.32. The lowest BCUT2D eigenvalue weighted by atomic mass is 9.74. The fraction of sp³-hybridized carbons (Fsp3) is 0.593. The molecule has 3 atom stereocenters. The zero-order valence-electron chi connectivity index (χ0n) is 21.8. The Morgan fingerprint density at radius 2 is 1.73 bits per heavy atom. The van der Waals surface area contributed by atoms with Crippen molar-refractivity contribution in [3.63, 3.8) is 0 Å². The van der Waals surface area contributed by atoms with E-state index in [1.807, 2.05) is 0 Å². The topological polar surface area (TPSA) is 105 Å². The summed E-state index contributed by atoms with van der Waals surface area (Å²) < 4.78 is 44.4. The predicted molar refractivity (Wildman–Crippen MR) is 139 cm³/mol. The van der Waals surface area contributed by atoms with E-state index in [1.165, 1.54) is 17.3 Å². The van der Waals surface area contributed by atoms with E-state index in [-0.39, 0.29) is 47.2 Å². The van der Waals surface area contributed by atoms with E-state index >= 15 is 0 Å². The highest BCUT2D eigenvalue weighted by molar-refractivity contribution is 6.39. The van der Waals surface area contributed by atoms with Crippen LogP contribution in [-0.2, 0) is 11.0 Å². The van der Waals surface area contributed by atoms with Crippen molar-refractivity contribution in [3.8, 4) is 0 Å². The molecule has 3 fully saturated rings. The number of hydrogen-bond acceptors (Lipinski definition) is 5. The number of nitrogens with zero attached hydrogens (tertiary/aromatic N) is 4. The highest BCUT2D eigenvalue weighted by Crippen LogP contribution is 2.48. The van der Waals surface area contributed by atoms with Gasteiger partial charge >= 0.3 is 12.1 Å². The third kappa shape index (κ3) is 5.22. The number of carbonyl (C=O) groups is 3. The number of carboxylic acid groups (broad SMARTS) is 1. The zero-order chi connectivity index (χ0) is 29.0. The summed E-state index contributed by atoms with van der Waals surface area (Å²) in [4.78, 5) is 44.0. The molecule has 5 rings (SSSR count). The van der Waals surface area contributed by atoms with Gasteiger partial charge in [-0.3, -0.25) is 24.0 Å². The number of aromatic nitrogens is 3. The van der Waals surface area contributed by atoms with Gasteiger partial charge in [-0.25, -0.2) is 0 Å². The molecule has 3 saturated carbocycles. The zero-order valence-corrected chi connectivity index (χ0v) is 23.3. The number of carboxylic acids is 1. The van der Waals surface area contributed by atoms with Crippen molar-refractivity contribution in [2.45, 2.75) is 76.6 Å². The minimum Gasteiger partial charge on any atom is -0.481 e. The molecule has 3 aliphatic rings. The Balaban J connectivity index is 1.49. The number of amides is 1. The summed E-state index contributed by atoms with van der Waals surface area (Å²) in [6, 6.07) is -1.11. The lowest BCUT2D eigenvalue weighted by molar-refractivity contribution is -0.152. The van der Waals surface area contributed by atoms with Crippen LogP contribution >= 0.6 is 23.2 Å². The molecular formula is C27H29Cl2F3N4O4. The second-order valence-electron chi connectivity index (χ2n) is 11.5. The van der Waals surface area contributed by atoms with Gasteiger partial charge in [0.05, 0.1) is 45.4 Å². The molecule has 1 N–H and O–H groups in total. The number of carbonyl (C=O) groups excluding carboxylic acids is 2. The summed E-state index contributed by atoms with van der Waals surface area (Å²) >= 11 is 12.3. The van der Waals surface area contributed by atoms with Crippen LogP contribution in [0.4, 0.5) is 13.2 Å². The number of ketones is 1. The van der Waals surface area contributed by atoms with E-state index in [9.17, 15) is 32.7 Å². The molecule has 0 radical (unpaired) electrons. The van der Waals surface area contributed by atoms with Crippen LogP contribution in [0.5, 0.6) is 0 Å². The summed E-state index contributed by atoms with van der Waals surface area (Å²) in [5.74, 6) is -2.06. The summed E-state index contributed by atoms with van der Waals surface area (Å²) in [7, 11) is 0. The van der Waals surface area contributed by atoms with Crippen LogP contribution in [0.3, 0.4) is 0 Å². The molecule has 0 saturated heterocycles. The monoisotopic (exact) mass is 600 g/mol. The lowest BCUT2D eigenvalue weighted by Gasteiger charge is -2.35. The first-order valence-electron chi connectivity index (χ1n) is 13.3. The molecule has 1 amide bonds. The van der Waals surface area contributed by atoms with Gasteiger partial charge < -0.3 is 10.0 Å². The van der Waals surface area contributed by atoms with Crippen LogP contribution in [0.15, 0.2) is 18.6 Å². The molecule has 40 heavy (non-hydrogen) atoms. The third-order valence-electron chi connectivity index (χ3n) is 9.02. The normalized spacial score (nSPS) is 28.1. The maximum absolute atomic E-state index is 14.5. The van der Waals surface area contributed by atoms with Crippen molar-refractivity contribution in [2.24, 2.45) is 17.3 Å². The van der Waals surface area contributed by atoms with Gasteiger partial charge in [0, 0.05) is 18.4 Å². The molecule has 3 unspecified atom stereocenters. The number of fused-ring (bicyclic) bond motifs is 2. The Bertz CT molecular complexity index is 1320. The number of alkyl halides is 3. The maximum Gasteiger partial charge on any atom is 0.433 e. The van der Waals surface area contributed by atoms with E-state index in [0.717, 1.165) is 30.1 Å². The molecule has 2 aromatic rings. The average molecular weight is 601 g/mol. The number of halogens is 5. The van der Waals surface area contributed by atoms with E-state index in [4.69, 9.17) is 23.2 Å². The summed E-state index contributed by atoms with van der Waals surface area (Å²) in [5.41, 5.74) is -2.85. The van der Waals surface area contributed by atoms with Crippen LogP contribution < -0.4 is 0 Å². The molecule has 0 spiro atoms. The molecule has 2 bridgehead atoms. The van der Waals surface area contributed by atoms with Crippen molar-refractivity contribution < 1.29 is 32.7 Å². The van der Waals surface area contributed by atoms with Gasteiger partial charge in [-0.2, -0.15) is 18.3 Å². The van der Waals surface area contributed by atoms with E-state index in [0.29, 0.717) is 12.3 Å². The van der Waals surface area contributed by atoms with Crippen LogP contribution in [0.25, 0.3) is 0 Å². The molecular weight excluding hydrogens is 572 g/mol. The van der Waals surface area contributed by atoms with Gasteiger partial charge in [-0.05, 0) is 63.7 Å². The minimum atomic E-state index is -4.91. The first-order chi connectivity index (χ1) is 18.8. The van der Waals surface area contributed by atoms with Crippen molar-refractivity contribution in [1.82, 2.24) is 19.7 Å². The lowest BCUT2D eigenvalue weighted by Crippen LogP contribution is -2.46. The molecule has 0 aromatic carbocycles. The first kappa shape index (κ1) is 28.9. The van der Waals surface area contributed by atoms with Gasteiger partial charge in [-0.15, -0.1) is 0 Å². The fourth-order valence-corrected chi connectivity index (χ4v) is 7.35. The maximum atomic E-state index is 14.5. The SMILES string of the molecule is CC1(C(=O)O)CCC(n2ncc(C(=O)N(CC(=O)c3c(Cl)cncc3Cl)C3CC4CCC3C4)c2C(F)(F)F)CC1. The Hall–Kier alpha value is -2.66. The second-order valence-corrected chi connectivity index (χ2v) is 12.3. The van der Waals surface area contributed by atoms with Gasteiger partial charge in [0.1, 0.15) is 0 Å². The Labute approximate surface area is 238 Å². The largest absolute Gasteiger partial charge is 0.481 e. The van der Waals surface area contributed by atoms with Gasteiger partial charge in [0.2, 0.25) is 0 Å². The molecule has 8 nitrogen and oxygen atoms in total. The standard InChI is InChI=1S/C27H29Cl2F3N4O4/c1-26(25(39)40)6-4-16(5-7-26)36-23(27(30,31)32)17(10-34-36)24(38)35(20-9-14-2-3-15(20)8-14)13-21(37)22-18(28)11-33-12-19(22)29/h10-12,14-16,20H,2-9,13H2,1H3,(H,39,40). The number of hydrogen-bond donors (Lipinski definition) is 1. The summed E-state index contributed by atoms with van der Waals surface area (Å²) in [6.45, 7) is 1.10. The fourth-order valence-electron chi connectivity index (χ4n) is 6.78. The molecule has 2 aromatic heterocycles. The van der Waals surface area contributed by atoms with Gasteiger partial charge in [0.25, 0.3) is 5.91 Å². The van der Waals surface area contributed by atoms with E-state index in [2.05, 4.69) is 10.1 Å². The Kier molecular flexibility index (Phi) is 7.67. The van der Waals surface area contributed by atoms with Crippen molar-refractivity contribution in [2.75, 3.05) is 6.54 Å². The van der Waals surface area contributed by atoms with Crippen LogP contribution in [-0.4, -0.2) is 55.0 Å². The van der Waals surface area contributed by atoms with Crippen LogP contribution in [0.2, 0.25) is 10.0 Å². The molecule has 2 heterocycles. The highest BCUT2D eigenvalue weighted by Gasteiger charge is 2.48. The van der Waals surface area contributed by atoms with Crippen molar-refractivity contribution >= 4 is 40.9 Å². The number of Topliss-reactive ketones (excluding diaryl/α,β-unsaturated/α-hetero) is 1. The van der Waals surface area contributed by atoms with E-state index < -0.39 is 59.1 Å².